The van der Waals surface area contributed by atoms with Gasteiger partial charge in [-0.15, -0.1) is 0 Å². The Morgan fingerprint density at radius 1 is 1.19 bits per heavy atom. The lowest BCUT2D eigenvalue weighted by molar-refractivity contribution is 0.592. The summed E-state index contributed by atoms with van der Waals surface area (Å²) in [6.07, 6.45) is 4.07. The van der Waals surface area contributed by atoms with Crippen molar-refractivity contribution in [3.05, 3.63) is 52.8 Å². The molecule has 0 aliphatic carbocycles. The quantitative estimate of drug-likeness (QED) is 0.565. The second-order valence-corrected chi connectivity index (χ2v) is 6.70. The van der Waals surface area contributed by atoms with Crippen molar-refractivity contribution in [2.75, 3.05) is 7.05 Å². The molecule has 0 spiro atoms. The summed E-state index contributed by atoms with van der Waals surface area (Å²) in [4.78, 5) is 4.38. The molecule has 26 heavy (non-hydrogen) atoms. The Kier molecular flexibility index (Phi) is 7.70. The molecule has 0 amide bonds. The molecule has 142 valence electrons. The number of nitrogens with zero attached hydrogens (tertiary/aromatic N) is 3. The standard InChI is InChI=1S/C21H33N5/c1-6-19-18(20(7-2)26(5)25-19)15-23-21(22-4)24-16(3)13-14-17-11-9-8-10-12-17/h8-12,16H,6-7,13-15H2,1-5H3,(H2,22,23,24). The molecule has 1 aromatic heterocycles. The van der Waals surface area contributed by atoms with Gasteiger partial charge in [0.15, 0.2) is 5.96 Å². The average Bonchev–Trinajstić information content (AvgIpc) is 2.98. The van der Waals surface area contributed by atoms with Crippen molar-refractivity contribution >= 4 is 5.96 Å². The zero-order valence-electron chi connectivity index (χ0n) is 16.8. The Morgan fingerprint density at radius 2 is 1.92 bits per heavy atom. The normalized spacial score (nSPS) is 12.9. The largest absolute Gasteiger partial charge is 0.354 e. The molecule has 1 unspecified atom stereocenters. The van der Waals surface area contributed by atoms with Gasteiger partial charge in [-0.1, -0.05) is 44.2 Å². The fourth-order valence-corrected chi connectivity index (χ4v) is 3.29. The molecule has 5 heteroatoms. The molecule has 2 N–H and O–H groups in total. The third-order valence-electron chi connectivity index (χ3n) is 4.78. The third kappa shape index (κ3) is 5.35. The van der Waals surface area contributed by atoms with Gasteiger partial charge in [0, 0.05) is 37.9 Å². The van der Waals surface area contributed by atoms with Crippen molar-refractivity contribution in [1.82, 2.24) is 20.4 Å². The second-order valence-electron chi connectivity index (χ2n) is 6.70. The van der Waals surface area contributed by atoms with Gasteiger partial charge in [-0.3, -0.25) is 9.67 Å². The summed E-state index contributed by atoms with van der Waals surface area (Å²) in [6, 6.07) is 11.0. The van der Waals surface area contributed by atoms with Crippen LogP contribution in [0.3, 0.4) is 0 Å². The van der Waals surface area contributed by atoms with Crippen LogP contribution in [0.15, 0.2) is 35.3 Å². The van der Waals surface area contributed by atoms with E-state index in [4.69, 9.17) is 0 Å². The summed E-state index contributed by atoms with van der Waals surface area (Å²) in [7, 11) is 3.85. The minimum absolute atomic E-state index is 0.353. The Bertz CT molecular complexity index is 703. The monoisotopic (exact) mass is 355 g/mol. The summed E-state index contributed by atoms with van der Waals surface area (Å²) in [5, 5.41) is 11.6. The van der Waals surface area contributed by atoms with E-state index in [2.05, 4.69) is 71.8 Å². The van der Waals surface area contributed by atoms with E-state index in [9.17, 15) is 0 Å². The molecule has 0 aliphatic heterocycles. The van der Waals surface area contributed by atoms with Crippen LogP contribution in [-0.4, -0.2) is 28.8 Å². The van der Waals surface area contributed by atoms with E-state index in [1.807, 2.05) is 18.8 Å². The van der Waals surface area contributed by atoms with Gasteiger partial charge in [0.25, 0.3) is 0 Å². The fourth-order valence-electron chi connectivity index (χ4n) is 3.29. The Hall–Kier alpha value is -2.30. The maximum absolute atomic E-state index is 4.64. The van der Waals surface area contributed by atoms with Gasteiger partial charge in [-0.2, -0.15) is 5.10 Å². The SMILES string of the molecule is CCc1nn(C)c(CC)c1CNC(=NC)NC(C)CCc1ccccc1. The smallest absolute Gasteiger partial charge is 0.191 e. The van der Waals surface area contributed by atoms with Gasteiger partial charge >= 0.3 is 0 Å². The molecule has 0 fully saturated rings. The number of guanidine groups is 1. The molecule has 0 radical (unpaired) electrons. The predicted octanol–water partition coefficient (Wildman–Crippen LogP) is 3.23. The predicted molar refractivity (Wildman–Crippen MR) is 110 cm³/mol. The lowest BCUT2D eigenvalue weighted by Crippen LogP contribution is -2.42. The summed E-state index contributed by atoms with van der Waals surface area (Å²) in [6.45, 7) is 7.29. The maximum Gasteiger partial charge on any atom is 0.191 e. The van der Waals surface area contributed by atoms with E-state index in [0.717, 1.165) is 38.2 Å². The van der Waals surface area contributed by atoms with Crippen molar-refractivity contribution in [2.45, 2.75) is 59.0 Å². The van der Waals surface area contributed by atoms with Crippen LogP contribution in [0.25, 0.3) is 0 Å². The van der Waals surface area contributed by atoms with E-state index >= 15 is 0 Å². The highest BCUT2D eigenvalue weighted by Crippen LogP contribution is 2.15. The summed E-state index contributed by atoms with van der Waals surface area (Å²) in [5.74, 6) is 0.846. The van der Waals surface area contributed by atoms with Crippen LogP contribution >= 0.6 is 0 Å². The Balaban J connectivity index is 1.90. The molecular weight excluding hydrogens is 322 g/mol. The molecule has 0 bridgehead atoms. The lowest BCUT2D eigenvalue weighted by atomic mass is 10.1. The van der Waals surface area contributed by atoms with Crippen molar-refractivity contribution < 1.29 is 0 Å². The van der Waals surface area contributed by atoms with E-state index in [-0.39, 0.29) is 0 Å². The molecular formula is C21H33N5. The van der Waals surface area contributed by atoms with E-state index in [0.29, 0.717) is 6.04 Å². The van der Waals surface area contributed by atoms with Crippen LogP contribution in [0.1, 0.15) is 49.7 Å². The summed E-state index contributed by atoms with van der Waals surface area (Å²) >= 11 is 0. The molecule has 1 aromatic carbocycles. The number of hydrogen-bond donors (Lipinski definition) is 2. The lowest BCUT2D eigenvalue weighted by Gasteiger charge is -2.18. The molecule has 2 aromatic rings. The number of aromatic nitrogens is 2. The summed E-state index contributed by atoms with van der Waals surface area (Å²) in [5.41, 5.74) is 5.14. The molecule has 0 aliphatic rings. The second kappa shape index (κ2) is 10.00. The number of benzene rings is 1. The number of nitrogens with one attached hydrogen (secondary N) is 2. The first-order valence-corrected chi connectivity index (χ1v) is 9.63. The molecule has 0 saturated carbocycles. The minimum atomic E-state index is 0.353. The highest BCUT2D eigenvalue weighted by molar-refractivity contribution is 5.79. The fraction of sp³-hybridized carbons (Fsp3) is 0.524. The van der Waals surface area contributed by atoms with Crippen LogP contribution in [0.2, 0.25) is 0 Å². The van der Waals surface area contributed by atoms with E-state index < -0.39 is 0 Å². The first-order valence-electron chi connectivity index (χ1n) is 9.63. The zero-order chi connectivity index (χ0) is 18.9. The van der Waals surface area contributed by atoms with Crippen molar-refractivity contribution in [2.24, 2.45) is 12.0 Å². The highest BCUT2D eigenvalue weighted by atomic mass is 15.3. The van der Waals surface area contributed by atoms with Gasteiger partial charge in [0.2, 0.25) is 0 Å². The molecule has 1 atom stereocenters. The van der Waals surface area contributed by atoms with Gasteiger partial charge in [-0.05, 0) is 38.2 Å². The number of rotatable bonds is 8. The van der Waals surface area contributed by atoms with Crippen molar-refractivity contribution in [3.8, 4) is 0 Å². The molecule has 1 heterocycles. The van der Waals surface area contributed by atoms with Gasteiger partial charge in [-0.25, -0.2) is 0 Å². The average molecular weight is 356 g/mol. The molecule has 0 saturated heterocycles. The Morgan fingerprint density at radius 3 is 2.54 bits per heavy atom. The van der Waals surface area contributed by atoms with Crippen LogP contribution in [0.5, 0.6) is 0 Å². The van der Waals surface area contributed by atoms with E-state index in [1.165, 1.54) is 22.5 Å². The summed E-state index contributed by atoms with van der Waals surface area (Å²) < 4.78 is 2.01. The van der Waals surface area contributed by atoms with Crippen molar-refractivity contribution in [3.63, 3.8) is 0 Å². The first-order chi connectivity index (χ1) is 12.6. The van der Waals surface area contributed by atoms with Crippen LogP contribution < -0.4 is 10.6 Å². The van der Waals surface area contributed by atoms with Crippen LogP contribution in [-0.2, 0) is 32.9 Å². The third-order valence-corrected chi connectivity index (χ3v) is 4.78. The number of aliphatic imine (C=N–C) groups is 1. The van der Waals surface area contributed by atoms with Gasteiger partial charge in [0.1, 0.15) is 0 Å². The van der Waals surface area contributed by atoms with Gasteiger partial charge < -0.3 is 10.6 Å². The topological polar surface area (TPSA) is 54.2 Å². The highest BCUT2D eigenvalue weighted by Gasteiger charge is 2.14. The van der Waals surface area contributed by atoms with Crippen LogP contribution in [0, 0.1) is 0 Å². The van der Waals surface area contributed by atoms with Gasteiger partial charge in [0.05, 0.1) is 5.69 Å². The van der Waals surface area contributed by atoms with Crippen molar-refractivity contribution in [1.29, 1.82) is 0 Å². The Labute approximate surface area is 157 Å². The first kappa shape index (κ1) is 20.0. The molecule has 2 rings (SSSR count). The zero-order valence-corrected chi connectivity index (χ0v) is 16.8. The number of hydrogen-bond acceptors (Lipinski definition) is 2. The van der Waals surface area contributed by atoms with Crippen LogP contribution in [0.4, 0.5) is 0 Å². The molecule has 5 nitrogen and oxygen atoms in total. The number of aryl methyl sites for hydroxylation is 3. The van der Waals surface area contributed by atoms with E-state index in [1.54, 1.807) is 0 Å². The maximum atomic E-state index is 4.64. The minimum Gasteiger partial charge on any atom is -0.354 e.